The summed E-state index contributed by atoms with van der Waals surface area (Å²) in [6, 6.07) is 7.76. The maximum Gasteiger partial charge on any atom is 0.150 e. The van der Waals surface area contributed by atoms with Gasteiger partial charge in [-0.05, 0) is 48.9 Å². The summed E-state index contributed by atoms with van der Waals surface area (Å²) in [6.45, 7) is 0.479. The second kappa shape index (κ2) is 5.92. The van der Waals surface area contributed by atoms with Crippen molar-refractivity contribution in [3.8, 4) is 5.75 Å². The van der Waals surface area contributed by atoms with Gasteiger partial charge in [0.2, 0.25) is 0 Å². The third-order valence-corrected chi connectivity index (χ3v) is 5.71. The number of rotatable bonds is 4. The average molecular weight is 283 g/mol. The van der Waals surface area contributed by atoms with Gasteiger partial charge in [-0.3, -0.25) is 0 Å². The van der Waals surface area contributed by atoms with Crippen molar-refractivity contribution in [2.24, 2.45) is 11.7 Å². The van der Waals surface area contributed by atoms with Gasteiger partial charge < -0.3 is 10.5 Å². The van der Waals surface area contributed by atoms with Gasteiger partial charge in [-0.1, -0.05) is 12.1 Å². The Morgan fingerprint density at radius 1 is 1.37 bits per heavy atom. The van der Waals surface area contributed by atoms with Crippen LogP contribution < -0.4 is 10.5 Å². The van der Waals surface area contributed by atoms with Crippen molar-refractivity contribution >= 4 is 9.84 Å². The highest BCUT2D eigenvalue weighted by molar-refractivity contribution is 7.91. The zero-order valence-electron chi connectivity index (χ0n) is 11.2. The fraction of sp³-hybridized carbons (Fsp3) is 0.571. The molecule has 106 valence electrons. The van der Waals surface area contributed by atoms with E-state index < -0.39 is 9.84 Å². The molecule has 0 aromatic heterocycles. The SMILES string of the molecule is COc1ccc(C(CN)C2CCCS(=O)(=O)C2)cc1. The van der Waals surface area contributed by atoms with Gasteiger partial charge in [0.1, 0.15) is 5.75 Å². The molecule has 1 heterocycles. The van der Waals surface area contributed by atoms with Gasteiger partial charge in [0, 0.05) is 0 Å². The monoisotopic (exact) mass is 283 g/mol. The molecule has 1 aromatic rings. The minimum Gasteiger partial charge on any atom is -0.497 e. The molecule has 0 radical (unpaired) electrons. The molecule has 0 saturated carbocycles. The summed E-state index contributed by atoms with van der Waals surface area (Å²) in [5, 5.41) is 0. The Morgan fingerprint density at radius 2 is 2.05 bits per heavy atom. The van der Waals surface area contributed by atoms with Crippen molar-refractivity contribution in [1.29, 1.82) is 0 Å². The second-order valence-corrected chi connectivity index (χ2v) is 7.36. The van der Waals surface area contributed by atoms with Crippen LogP contribution in [0.15, 0.2) is 24.3 Å². The Labute approximate surface area is 114 Å². The first-order valence-electron chi connectivity index (χ1n) is 6.60. The largest absolute Gasteiger partial charge is 0.497 e. The molecule has 2 unspecified atom stereocenters. The van der Waals surface area contributed by atoms with Crippen LogP contribution in [0.25, 0.3) is 0 Å². The fourth-order valence-electron chi connectivity index (χ4n) is 2.83. The molecule has 2 atom stereocenters. The summed E-state index contributed by atoms with van der Waals surface area (Å²) < 4.78 is 28.6. The lowest BCUT2D eigenvalue weighted by molar-refractivity contribution is 0.407. The molecule has 0 amide bonds. The molecule has 4 nitrogen and oxygen atoms in total. The van der Waals surface area contributed by atoms with Crippen molar-refractivity contribution in [3.63, 3.8) is 0 Å². The number of nitrogens with two attached hydrogens (primary N) is 1. The maximum atomic E-state index is 11.8. The van der Waals surface area contributed by atoms with E-state index in [0.717, 1.165) is 24.2 Å². The van der Waals surface area contributed by atoms with Gasteiger partial charge in [0.05, 0.1) is 18.6 Å². The third-order valence-electron chi connectivity index (χ3n) is 3.87. The molecule has 1 aliphatic rings. The van der Waals surface area contributed by atoms with E-state index in [2.05, 4.69) is 0 Å². The van der Waals surface area contributed by atoms with Gasteiger partial charge in [-0.25, -0.2) is 8.42 Å². The molecule has 2 rings (SSSR count). The summed E-state index contributed by atoms with van der Waals surface area (Å²) in [5.41, 5.74) is 6.97. The van der Waals surface area contributed by atoms with E-state index in [4.69, 9.17) is 10.5 Å². The normalized spacial score (nSPS) is 23.8. The van der Waals surface area contributed by atoms with Crippen LogP contribution in [0, 0.1) is 5.92 Å². The molecule has 1 aliphatic heterocycles. The lowest BCUT2D eigenvalue weighted by Gasteiger charge is -2.29. The highest BCUT2D eigenvalue weighted by Crippen LogP contribution is 2.32. The van der Waals surface area contributed by atoms with Crippen LogP contribution in [-0.4, -0.2) is 33.6 Å². The molecule has 2 N–H and O–H groups in total. The van der Waals surface area contributed by atoms with E-state index in [1.807, 2.05) is 24.3 Å². The van der Waals surface area contributed by atoms with Crippen molar-refractivity contribution < 1.29 is 13.2 Å². The number of benzene rings is 1. The average Bonchev–Trinajstić information content (AvgIpc) is 2.39. The van der Waals surface area contributed by atoms with Crippen LogP contribution in [0.1, 0.15) is 24.3 Å². The minimum atomic E-state index is -2.89. The zero-order valence-corrected chi connectivity index (χ0v) is 12.0. The van der Waals surface area contributed by atoms with Gasteiger partial charge in [0.25, 0.3) is 0 Å². The summed E-state index contributed by atoms with van der Waals surface area (Å²) in [4.78, 5) is 0. The Bertz CT molecular complexity index is 510. The van der Waals surface area contributed by atoms with Crippen molar-refractivity contribution in [3.05, 3.63) is 29.8 Å². The Balaban J connectivity index is 2.18. The molecular formula is C14H21NO3S. The smallest absolute Gasteiger partial charge is 0.150 e. The molecule has 1 saturated heterocycles. The fourth-order valence-corrected chi connectivity index (χ4v) is 4.65. The van der Waals surface area contributed by atoms with Crippen molar-refractivity contribution in [2.75, 3.05) is 25.2 Å². The minimum absolute atomic E-state index is 0.112. The number of ether oxygens (including phenoxy) is 1. The number of hydrogen-bond acceptors (Lipinski definition) is 4. The van der Waals surface area contributed by atoms with Crippen LogP contribution in [0.5, 0.6) is 5.75 Å². The molecule has 1 fully saturated rings. The molecule has 5 heteroatoms. The molecular weight excluding hydrogens is 262 g/mol. The Kier molecular flexibility index (Phi) is 4.47. The number of sulfone groups is 1. The summed E-state index contributed by atoms with van der Waals surface area (Å²) in [6.07, 6.45) is 1.69. The predicted molar refractivity (Wildman–Crippen MR) is 76.2 cm³/mol. The summed E-state index contributed by atoms with van der Waals surface area (Å²) >= 11 is 0. The lowest BCUT2D eigenvalue weighted by Crippen LogP contribution is -2.32. The highest BCUT2D eigenvalue weighted by Gasteiger charge is 2.30. The topological polar surface area (TPSA) is 69.4 Å². The van der Waals surface area contributed by atoms with Crippen LogP contribution in [0.4, 0.5) is 0 Å². The number of methoxy groups -OCH3 is 1. The standard InChI is InChI=1S/C14H21NO3S/c1-18-13-6-4-11(5-7-13)14(9-15)12-3-2-8-19(16,17)10-12/h4-7,12,14H,2-3,8-10,15H2,1H3. The molecule has 19 heavy (non-hydrogen) atoms. The summed E-state index contributed by atoms with van der Waals surface area (Å²) in [5.74, 6) is 1.64. The van der Waals surface area contributed by atoms with Crippen molar-refractivity contribution in [1.82, 2.24) is 0 Å². The maximum absolute atomic E-state index is 11.8. The van der Waals surface area contributed by atoms with Crippen LogP contribution >= 0.6 is 0 Å². The van der Waals surface area contributed by atoms with Crippen LogP contribution in [0.3, 0.4) is 0 Å². The third kappa shape index (κ3) is 3.48. The highest BCUT2D eigenvalue weighted by atomic mass is 32.2. The Morgan fingerprint density at radius 3 is 2.58 bits per heavy atom. The molecule has 0 bridgehead atoms. The van der Waals surface area contributed by atoms with Gasteiger partial charge in [0.15, 0.2) is 9.84 Å². The lowest BCUT2D eigenvalue weighted by atomic mass is 9.84. The predicted octanol–water partition coefficient (Wildman–Crippen LogP) is 1.56. The van der Waals surface area contributed by atoms with Crippen LogP contribution in [-0.2, 0) is 9.84 Å². The zero-order chi connectivity index (χ0) is 13.9. The Hall–Kier alpha value is -1.07. The van der Waals surface area contributed by atoms with Gasteiger partial charge >= 0.3 is 0 Å². The van der Waals surface area contributed by atoms with Gasteiger partial charge in [-0.15, -0.1) is 0 Å². The quantitative estimate of drug-likeness (QED) is 0.910. The first kappa shape index (κ1) is 14.3. The first-order valence-corrected chi connectivity index (χ1v) is 8.42. The second-order valence-electron chi connectivity index (χ2n) is 5.13. The molecule has 1 aromatic carbocycles. The van der Waals surface area contributed by atoms with E-state index in [9.17, 15) is 8.42 Å². The molecule has 0 spiro atoms. The van der Waals surface area contributed by atoms with Crippen LogP contribution in [0.2, 0.25) is 0 Å². The number of hydrogen-bond donors (Lipinski definition) is 1. The van der Waals surface area contributed by atoms with Crippen molar-refractivity contribution in [2.45, 2.75) is 18.8 Å². The van der Waals surface area contributed by atoms with E-state index in [0.29, 0.717) is 12.3 Å². The first-order chi connectivity index (χ1) is 9.05. The van der Waals surface area contributed by atoms with E-state index in [1.165, 1.54) is 0 Å². The van der Waals surface area contributed by atoms with Gasteiger partial charge in [-0.2, -0.15) is 0 Å². The summed E-state index contributed by atoms with van der Waals surface area (Å²) in [7, 11) is -1.26. The van der Waals surface area contributed by atoms with E-state index >= 15 is 0 Å². The van der Waals surface area contributed by atoms with E-state index in [-0.39, 0.29) is 17.6 Å². The molecule has 0 aliphatic carbocycles. The van der Waals surface area contributed by atoms with E-state index in [1.54, 1.807) is 7.11 Å².